The third-order valence-electron chi connectivity index (χ3n) is 2.71. The highest BCUT2D eigenvalue weighted by atomic mass is 32.1. The molecule has 1 aromatic carbocycles. The van der Waals surface area contributed by atoms with Crippen LogP contribution in [0.5, 0.6) is 11.5 Å². The number of nitrogens with zero attached hydrogens (tertiary/aromatic N) is 2. The Morgan fingerprint density at radius 3 is 2.95 bits per heavy atom. The normalized spacial score (nSPS) is 10.8. The van der Waals surface area contributed by atoms with Gasteiger partial charge in [-0.15, -0.1) is 11.3 Å². The predicted octanol–water partition coefficient (Wildman–Crippen LogP) is 1.97. The number of ether oxygens (including phenoxy) is 2. The molecule has 7 nitrogen and oxygen atoms in total. The Labute approximate surface area is 115 Å². The number of rotatable bonds is 2. The van der Waals surface area contributed by atoms with Crippen LogP contribution in [-0.4, -0.2) is 27.8 Å². The second kappa shape index (κ2) is 4.49. The molecule has 0 spiro atoms. The fourth-order valence-corrected chi connectivity index (χ4v) is 3.00. The van der Waals surface area contributed by atoms with E-state index < -0.39 is 11.8 Å². The Bertz CT molecular complexity index is 883. The summed E-state index contributed by atoms with van der Waals surface area (Å²) < 4.78 is 11.8. The van der Waals surface area contributed by atoms with Crippen molar-refractivity contribution in [2.24, 2.45) is 0 Å². The lowest BCUT2D eigenvalue weighted by Gasteiger charge is -2.01. The lowest BCUT2D eigenvalue weighted by Crippen LogP contribution is -2.16. The average molecular weight is 292 g/mol. The van der Waals surface area contributed by atoms with Crippen LogP contribution in [0.15, 0.2) is 29.2 Å². The number of thiazole rings is 1. The molecule has 8 heteroatoms. The van der Waals surface area contributed by atoms with E-state index in [2.05, 4.69) is 9.72 Å². The molecule has 0 atom stereocenters. The van der Waals surface area contributed by atoms with Crippen molar-refractivity contribution in [1.29, 1.82) is 0 Å². The van der Waals surface area contributed by atoms with Gasteiger partial charge in [0.2, 0.25) is 0 Å². The van der Waals surface area contributed by atoms with Crippen molar-refractivity contribution in [3.8, 4) is 11.5 Å². The van der Waals surface area contributed by atoms with Crippen molar-refractivity contribution in [2.45, 2.75) is 0 Å². The molecule has 0 radical (unpaired) electrons. The third kappa shape index (κ3) is 1.86. The molecule has 102 valence electrons. The first-order chi connectivity index (χ1) is 9.60. The average Bonchev–Trinajstić information content (AvgIpc) is 2.80. The first kappa shape index (κ1) is 12.4. The van der Waals surface area contributed by atoms with E-state index >= 15 is 0 Å². The Kier molecular flexibility index (Phi) is 2.79. The summed E-state index contributed by atoms with van der Waals surface area (Å²) in [5.74, 6) is 0.669. The van der Waals surface area contributed by atoms with Gasteiger partial charge in [0.1, 0.15) is 10.6 Å². The highest BCUT2D eigenvalue weighted by Gasteiger charge is 2.15. The van der Waals surface area contributed by atoms with Gasteiger partial charge in [0.05, 0.1) is 23.5 Å². The van der Waals surface area contributed by atoms with Crippen molar-refractivity contribution in [2.75, 3.05) is 7.11 Å². The molecule has 3 aromatic rings. The monoisotopic (exact) mass is 292 g/mol. The summed E-state index contributed by atoms with van der Waals surface area (Å²) in [6, 6.07) is 5.19. The number of carboxylic acid groups (broad SMARTS) is 1. The molecule has 1 N–H and O–H groups in total. The van der Waals surface area contributed by atoms with Crippen molar-refractivity contribution < 1.29 is 19.4 Å². The molecule has 3 rings (SSSR count). The van der Waals surface area contributed by atoms with E-state index in [1.54, 1.807) is 25.3 Å². The van der Waals surface area contributed by atoms with Gasteiger partial charge in [0.25, 0.3) is 0 Å². The summed E-state index contributed by atoms with van der Waals surface area (Å²) in [4.78, 5) is 26.5. The van der Waals surface area contributed by atoms with E-state index in [1.165, 1.54) is 15.7 Å². The number of hydrogen-bond acceptors (Lipinski definition) is 6. The molecule has 0 aliphatic heterocycles. The van der Waals surface area contributed by atoms with E-state index in [1.807, 2.05) is 0 Å². The molecule has 0 fully saturated rings. The second-order valence-corrected chi connectivity index (χ2v) is 4.88. The minimum absolute atomic E-state index is 0.0252. The van der Waals surface area contributed by atoms with Gasteiger partial charge in [-0.05, 0) is 18.2 Å². The minimum Gasteiger partial charge on any atom is -0.497 e. The van der Waals surface area contributed by atoms with Gasteiger partial charge < -0.3 is 14.6 Å². The van der Waals surface area contributed by atoms with Gasteiger partial charge in [-0.25, -0.2) is 14.0 Å². The number of hydrogen-bond donors (Lipinski definition) is 1. The van der Waals surface area contributed by atoms with Gasteiger partial charge in [-0.1, -0.05) is 0 Å². The molecular formula is C12H8N2O5S. The van der Waals surface area contributed by atoms with Crippen LogP contribution in [0, 0.1) is 0 Å². The molecule has 0 unspecified atom stereocenters. The molecule has 0 amide bonds. The molecule has 0 aliphatic rings. The third-order valence-corrected chi connectivity index (χ3v) is 3.83. The van der Waals surface area contributed by atoms with Gasteiger partial charge in [-0.2, -0.15) is 4.98 Å². The van der Waals surface area contributed by atoms with Crippen LogP contribution in [0.2, 0.25) is 0 Å². The lowest BCUT2D eigenvalue weighted by molar-refractivity contribution is 0.145. The summed E-state index contributed by atoms with van der Waals surface area (Å²) in [7, 11) is 1.54. The van der Waals surface area contributed by atoms with Crippen molar-refractivity contribution in [1.82, 2.24) is 9.38 Å². The van der Waals surface area contributed by atoms with Crippen molar-refractivity contribution in [3.05, 3.63) is 34.9 Å². The summed E-state index contributed by atoms with van der Waals surface area (Å²) in [6.45, 7) is 0. The molecule has 0 aliphatic carbocycles. The van der Waals surface area contributed by atoms with Gasteiger partial charge in [-0.3, -0.25) is 0 Å². The first-order valence-corrected chi connectivity index (χ1v) is 6.31. The van der Waals surface area contributed by atoms with Crippen molar-refractivity contribution >= 4 is 32.5 Å². The van der Waals surface area contributed by atoms with Gasteiger partial charge >= 0.3 is 11.8 Å². The van der Waals surface area contributed by atoms with Gasteiger partial charge in [0.15, 0.2) is 5.75 Å². The van der Waals surface area contributed by atoms with Gasteiger partial charge in [0, 0.05) is 0 Å². The fourth-order valence-electron chi connectivity index (χ4n) is 1.89. The number of carbonyl (C=O) groups is 1. The standard InChI is InChI=1S/C12H8N2O5S/c1-18-6-2-3-7-9(4-6)20-10-8(19-12(16)17)5-13-11(15)14(7)10/h2-5H,1H3,(H,16,17). The number of aromatic nitrogens is 2. The Balaban J connectivity index is 2.38. The van der Waals surface area contributed by atoms with E-state index in [9.17, 15) is 9.59 Å². The van der Waals surface area contributed by atoms with E-state index in [0.29, 0.717) is 16.1 Å². The number of methoxy groups -OCH3 is 1. The van der Waals surface area contributed by atoms with Crippen LogP contribution in [0.1, 0.15) is 0 Å². The largest absolute Gasteiger partial charge is 0.511 e. The molecule has 2 aromatic heterocycles. The van der Waals surface area contributed by atoms with Crippen LogP contribution in [0.4, 0.5) is 4.79 Å². The second-order valence-electron chi connectivity index (χ2n) is 3.85. The SMILES string of the molecule is COc1ccc2c(c1)sc1c(OC(=O)O)cnc(=O)n12. The molecular weight excluding hydrogens is 284 g/mol. The van der Waals surface area contributed by atoms with Crippen LogP contribution >= 0.6 is 11.3 Å². The predicted molar refractivity (Wildman–Crippen MR) is 72.0 cm³/mol. The maximum absolute atomic E-state index is 11.9. The number of fused-ring (bicyclic) bond motifs is 3. The zero-order valence-electron chi connectivity index (χ0n) is 10.2. The summed E-state index contributed by atoms with van der Waals surface area (Å²) in [5.41, 5.74) is 0.133. The van der Waals surface area contributed by atoms with Crippen LogP contribution in [0.3, 0.4) is 0 Å². The van der Waals surface area contributed by atoms with Crippen molar-refractivity contribution in [3.63, 3.8) is 0 Å². The maximum Gasteiger partial charge on any atom is 0.511 e. The Morgan fingerprint density at radius 2 is 2.25 bits per heavy atom. The highest BCUT2D eigenvalue weighted by Crippen LogP contribution is 2.32. The van der Waals surface area contributed by atoms with E-state index in [4.69, 9.17) is 9.84 Å². The zero-order chi connectivity index (χ0) is 14.3. The quantitative estimate of drug-likeness (QED) is 0.726. The smallest absolute Gasteiger partial charge is 0.497 e. The first-order valence-electron chi connectivity index (χ1n) is 5.49. The van der Waals surface area contributed by atoms with Crippen LogP contribution in [-0.2, 0) is 0 Å². The topological polar surface area (TPSA) is 90.1 Å². The summed E-state index contributed by atoms with van der Waals surface area (Å²) >= 11 is 1.23. The zero-order valence-corrected chi connectivity index (χ0v) is 11.0. The summed E-state index contributed by atoms with van der Waals surface area (Å²) in [5, 5.41) is 8.70. The molecule has 2 heterocycles. The Hall–Kier alpha value is -2.61. The molecule has 0 saturated heterocycles. The fraction of sp³-hybridized carbons (Fsp3) is 0.0833. The summed E-state index contributed by atoms with van der Waals surface area (Å²) in [6.07, 6.45) is -0.347. The molecule has 0 saturated carbocycles. The van der Waals surface area contributed by atoms with E-state index in [-0.39, 0.29) is 5.75 Å². The Morgan fingerprint density at radius 1 is 1.45 bits per heavy atom. The molecule has 20 heavy (non-hydrogen) atoms. The van der Waals surface area contributed by atoms with E-state index in [0.717, 1.165) is 10.9 Å². The highest BCUT2D eigenvalue weighted by molar-refractivity contribution is 7.24. The van der Waals surface area contributed by atoms with Crippen LogP contribution < -0.4 is 15.2 Å². The molecule has 0 bridgehead atoms. The maximum atomic E-state index is 11.9. The minimum atomic E-state index is -1.46. The van der Waals surface area contributed by atoms with Crippen LogP contribution in [0.25, 0.3) is 15.0 Å². The lowest BCUT2D eigenvalue weighted by atomic mass is 10.3. The number of benzene rings is 1.